The molecule has 216 valence electrons. The van der Waals surface area contributed by atoms with Crippen LogP contribution in [0.4, 0.5) is 8.78 Å². The quantitative estimate of drug-likeness (QED) is 0.214. The molecule has 1 heterocycles. The fourth-order valence-electron chi connectivity index (χ4n) is 6.96. The van der Waals surface area contributed by atoms with E-state index in [0.29, 0.717) is 11.1 Å². The Kier molecular flexibility index (Phi) is 5.91. The molecular formula is C39H34F2O2. The average molecular weight is 573 g/mol. The van der Waals surface area contributed by atoms with E-state index >= 15 is 4.39 Å². The molecule has 4 heteroatoms. The van der Waals surface area contributed by atoms with Crippen LogP contribution in [-0.4, -0.2) is 7.11 Å². The van der Waals surface area contributed by atoms with Crippen molar-refractivity contribution in [2.75, 3.05) is 7.11 Å². The highest BCUT2D eigenvalue weighted by Gasteiger charge is 2.44. The average Bonchev–Trinajstić information content (AvgIpc) is 3.22. The van der Waals surface area contributed by atoms with Gasteiger partial charge in [0.25, 0.3) is 0 Å². The van der Waals surface area contributed by atoms with E-state index in [4.69, 9.17) is 9.47 Å². The maximum absolute atomic E-state index is 15.0. The molecule has 5 aromatic carbocycles. The Balaban J connectivity index is 1.52. The summed E-state index contributed by atoms with van der Waals surface area (Å²) in [5.74, 6) is 0.758. The molecule has 7 rings (SSSR count). The molecule has 0 saturated heterocycles. The van der Waals surface area contributed by atoms with Gasteiger partial charge in [-0.25, -0.2) is 8.78 Å². The van der Waals surface area contributed by atoms with Gasteiger partial charge in [0, 0.05) is 27.5 Å². The molecule has 0 amide bonds. The Hall–Kier alpha value is -4.44. The van der Waals surface area contributed by atoms with Crippen LogP contribution in [0.25, 0.3) is 28.0 Å². The zero-order chi connectivity index (χ0) is 30.3. The minimum absolute atomic E-state index is 0.00396. The van der Waals surface area contributed by atoms with Crippen molar-refractivity contribution in [1.29, 1.82) is 0 Å². The van der Waals surface area contributed by atoms with Crippen LogP contribution in [0, 0.1) is 11.6 Å². The summed E-state index contributed by atoms with van der Waals surface area (Å²) in [6.45, 7) is 10.8. The number of halogens is 2. The molecule has 0 aromatic heterocycles. The van der Waals surface area contributed by atoms with Gasteiger partial charge < -0.3 is 9.47 Å². The van der Waals surface area contributed by atoms with Gasteiger partial charge in [0.2, 0.25) is 0 Å². The van der Waals surface area contributed by atoms with Crippen LogP contribution in [0.3, 0.4) is 0 Å². The van der Waals surface area contributed by atoms with Gasteiger partial charge in [-0.3, -0.25) is 0 Å². The Morgan fingerprint density at radius 1 is 0.744 bits per heavy atom. The second kappa shape index (κ2) is 9.28. The van der Waals surface area contributed by atoms with Crippen molar-refractivity contribution in [3.05, 3.63) is 136 Å². The van der Waals surface area contributed by atoms with E-state index in [1.54, 1.807) is 19.2 Å². The SMILES string of the molecule is COc1ccc(C2(c3ccc(C(C)(C)C)cc3)C=Cc3c4c(c5ccc(F)cc5c3O2)-c2ccc(F)cc2C4(C)C)cc1. The van der Waals surface area contributed by atoms with Crippen LogP contribution in [0.5, 0.6) is 11.5 Å². The van der Waals surface area contributed by atoms with Gasteiger partial charge in [0.05, 0.1) is 7.11 Å². The van der Waals surface area contributed by atoms with Crippen molar-refractivity contribution in [2.45, 2.75) is 51.0 Å². The summed E-state index contributed by atoms with van der Waals surface area (Å²) in [5, 5.41) is 1.57. The van der Waals surface area contributed by atoms with E-state index in [2.05, 4.69) is 71.0 Å². The van der Waals surface area contributed by atoms with Crippen LogP contribution in [0.2, 0.25) is 0 Å². The first kappa shape index (κ1) is 27.4. The lowest BCUT2D eigenvalue weighted by Gasteiger charge is -2.38. The third-order valence-electron chi connectivity index (χ3n) is 9.26. The molecular weight excluding hydrogens is 538 g/mol. The first-order valence-corrected chi connectivity index (χ1v) is 14.7. The summed E-state index contributed by atoms with van der Waals surface area (Å²) in [7, 11) is 1.65. The van der Waals surface area contributed by atoms with Gasteiger partial charge in [-0.15, -0.1) is 0 Å². The van der Waals surface area contributed by atoms with Gasteiger partial charge >= 0.3 is 0 Å². The monoisotopic (exact) mass is 572 g/mol. The molecule has 5 aromatic rings. The molecule has 43 heavy (non-hydrogen) atoms. The number of hydrogen-bond acceptors (Lipinski definition) is 2. The van der Waals surface area contributed by atoms with E-state index in [0.717, 1.165) is 50.1 Å². The fourth-order valence-corrected chi connectivity index (χ4v) is 6.96. The Morgan fingerprint density at radius 3 is 2.02 bits per heavy atom. The smallest absolute Gasteiger partial charge is 0.178 e. The number of rotatable bonds is 3. The van der Waals surface area contributed by atoms with E-state index in [9.17, 15) is 4.39 Å². The highest BCUT2D eigenvalue weighted by molar-refractivity contribution is 6.08. The van der Waals surface area contributed by atoms with Crippen molar-refractivity contribution < 1.29 is 18.3 Å². The molecule has 2 nitrogen and oxygen atoms in total. The Bertz CT molecular complexity index is 1940. The summed E-state index contributed by atoms with van der Waals surface area (Å²) in [4.78, 5) is 0. The van der Waals surface area contributed by atoms with Gasteiger partial charge in [0.15, 0.2) is 5.60 Å². The largest absolute Gasteiger partial charge is 0.497 e. The van der Waals surface area contributed by atoms with Crippen LogP contribution in [-0.2, 0) is 16.4 Å². The van der Waals surface area contributed by atoms with Crippen LogP contribution in [0.1, 0.15) is 68.0 Å². The zero-order valence-corrected chi connectivity index (χ0v) is 25.3. The lowest BCUT2D eigenvalue weighted by atomic mass is 9.76. The van der Waals surface area contributed by atoms with Crippen molar-refractivity contribution in [1.82, 2.24) is 0 Å². The third kappa shape index (κ3) is 4.03. The predicted molar refractivity (Wildman–Crippen MR) is 170 cm³/mol. The van der Waals surface area contributed by atoms with Gasteiger partial charge in [-0.1, -0.05) is 89.2 Å². The Morgan fingerprint density at radius 2 is 1.37 bits per heavy atom. The van der Waals surface area contributed by atoms with Crippen LogP contribution < -0.4 is 9.47 Å². The molecule has 2 aliphatic rings. The zero-order valence-electron chi connectivity index (χ0n) is 25.3. The number of methoxy groups -OCH3 is 1. The van der Waals surface area contributed by atoms with E-state index in [1.165, 1.54) is 17.7 Å². The molecule has 0 saturated carbocycles. The second-order valence-corrected chi connectivity index (χ2v) is 13.2. The molecule has 1 aliphatic heterocycles. The molecule has 1 aliphatic carbocycles. The summed E-state index contributed by atoms with van der Waals surface area (Å²) < 4.78 is 42.3. The maximum atomic E-state index is 15.0. The van der Waals surface area contributed by atoms with E-state index in [-0.39, 0.29) is 17.0 Å². The van der Waals surface area contributed by atoms with Gasteiger partial charge in [-0.2, -0.15) is 0 Å². The molecule has 0 spiro atoms. The minimum atomic E-state index is -0.981. The van der Waals surface area contributed by atoms with Crippen molar-refractivity contribution in [3.8, 4) is 22.6 Å². The van der Waals surface area contributed by atoms with Crippen molar-refractivity contribution in [2.24, 2.45) is 0 Å². The first-order valence-electron chi connectivity index (χ1n) is 14.7. The summed E-state index contributed by atoms with van der Waals surface area (Å²) in [5.41, 5.74) is 6.47. The van der Waals surface area contributed by atoms with E-state index in [1.807, 2.05) is 36.4 Å². The number of benzene rings is 5. The number of hydrogen-bond donors (Lipinski definition) is 0. The minimum Gasteiger partial charge on any atom is -0.497 e. The van der Waals surface area contributed by atoms with E-state index < -0.39 is 11.0 Å². The maximum Gasteiger partial charge on any atom is 0.178 e. The van der Waals surface area contributed by atoms with Crippen molar-refractivity contribution >= 4 is 16.8 Å². The molecule has 0 radical (unpaired) electrons. The third-order valence-corrected chi connectivity index (χ3v) is 9.26. The van der Waals surface area contributed by atoms with Crippen LogP contribution in [0.15, 0.2) is 91.0 Å². The van der Waals surface area contributed by atoms with Gasteiger partial charge in [0.1, 0.15) is 23.1 Å². The number of ether oxygens (including phenoxy) is 2. The summed E-state index contributed by atoms with van der Waals surface area (Å²) in [6.07, 6.45) is 4.22. The number of fused-ring (bicyclic) bond motifs is 8. The van der Waals surface area contributed by atoms with Crippen LogP contribution >= 0.6 is 0 Å². The molecule has 0 bridgehead atoms. The molecule has 1 atom stereocenters. The summed E-state index contributed by atoms with van der Waals surface area (Å²) >= 11 is 0. The topological polar surface area (TPSA) is 18.5 Å². The lowest BCUT2D eigenvalue weighted by molar-refractivity contribution is 0.163. The van der Waals surface area contributed by atoms with Crippen molar-refractivity contribution in [3.63, 3.8) is 0 Å². The molecule has 0 fully saturated rings. The first-order chi connectivity index (χ1) is 20.4. The highest BCUT2D eigenvalue weighted by Crippen LogP contribution is 2.58. The fraction of sp³-hybridized carbons (Fsp3) is 0.231. The highest BCUT2D eigenvalue weighted by atomic mass is 19.1. The molecule has 1 unspecified atom stereocenters. The standard InChI is InChI=1S/C39H34F2O2/c1-37(2,3)23-7-9-24(10-8-23)39(25-11-15-28(42-6)16-12-25)20-19-31-35-34(29-17-13-26(40)21-32(29)36(31)43-39)30-18-14-27(41)22-33(30)38(35,4)5/h7-22H,1-6H3. The predicted octanol–water partition coefficient (Wildman–Crippen LogP) is 10.1. The molecule has 0 N–H and O–H groups in total. The second-order valence-electron chi connectivity index (χ2n) is 13.2. The normalized spacial score (nSPS) is 18.1. The lowest BCUT2D eigenvalue weighted by Crippen LogP contribution is -2.35. The Labute approximate surface area is 251 Å². The van der Waals surface area contributed by atoms with Gasteiger partial charge in [-0.05, 0) is 81.1 Å². The summed E-state index contributed by atoms with van der Waals surface area (Å²) in [6, 6.07) is 26.3.